The van der Waals surface area contributed by atoms with Gasteiger partial charge >= 0.3 is 0 Å². The van der Waals surface area contributed by atoms with Gasteiger partial charge < -0.3 is 14.0 Å². The maximum atomic E-state index is 5.87. The van der Waals surface area contributed by atoms with Gasteiger partial charge in [-0.05, 0) is 44.0 Å². The van der Waals surface area contributed by atoms with Crippen LogP contribution in [0.15, 0.2) is 48.5 Å². The fraction of sp³-hybridized carbons (Fsp3) is 0.435. The third-order valence-electron chi connectivity index (χ3n) is 5.27. The van der Waals surface area contributed by atoms with E-state index in [9.17, 15) is 0 Å². The lowest BCUT2D eigenvalue weighted by molar-refractivity contribution is 0.0326. The summed E-state index contributed by atoms with van der Waals surface area (Å²) < 4.78 is 13.7. The van der Waals surface area contributed by atoms with Crippen molar-refractivity contribution in [2.45, 2.75) is 32.9 Å². The summed E-state index contributed by atoms with van der Waals surface area (Å²) in [6.07, 6.45) is 2.10. The third kappa shape index (κ3) is 4.72. The van der Waals surface area contributed by atoms with E-state index in [1.54, 1.807) is 0 Å². The van der Waals surface area contributed by atoms with Crippen molar-refractivity contribution < 1.29 is 9.47 Å². The van der Waals surface area contributed by atoms with Crippen molar-refractivity contribution in [3.8, 4) is 5.75 Å². The highest BCUT2D eigenvalue weighted by atomic mass is 16.5. The van der Waals surface area contributed by atoms with Gasteiger partial charge in [0.2, 0.25) is 0 Å². The molecule has 1 aromatic heterocycles. The second-order valence-corrected chi connectivity index (χ2v) is 7.43. The molecule has 4 rings (SSSR count). The van der Waals surface area contributed by atoms with Crippen LogP contribution in [0.2, 0.25) is 0 Å². The number of hydrogen-bond donors (Lipinski definition) is 0. The Bertz CT molecular complexity index is 883. The van der Waals surface area contributed by atoms with Gasteiger partial charge in [-0.25, -0.2) is 4.98 Å². The molecule has 2 heterocycles. The molecular weight excluding hydrogens is 350 g/mol. The van der Waals surface area contributed by atoms with Gasteiger partial charge in [-0.1, -0.05) is 29.8 Å². The van der Waals surface area contributed by atoms with E-state index >= 15 is 0 Å². The average Bonchev–Trinajstić information content (AvgIpc) is 3.07. The number of imidazole rings is 1. The van der Waals surface area contributed by atoms with Gasteiger partial charge in [-0.2, -0.15) is 0 Å². The summed E-state index contributed by atoms with van der Waals surface area (Å²) in [5.74, 6) is 2.11. The standard InChI is InChI=1S/C23H29N3O2/c1-19-8-10-20(11-9-19)28-15-5-4-12-26-22-7-3-2-6-21(22)24-23(26)18-25-13-16-27-17-14-25/h2-3,6-11H,4-5,12-18H2,1H3. The fourth-order valence-corrected chi connectivity index (χ4v) is 3.65. The van der Waals surface area contributed by atoms with Gasteiger partial charge in [0, 0.05) is 19.6 Å². The maximum absolute atomic E-state index is 5.87. The summed E-state index contributed by atoms with van der Waals surface area (Å²) in [4.78, 5) is 7.34. The van der Waals surface area contributed by atoms with Crippen molar-refractivity contribution in [3.63, 3.8) is 0 Å². The van der Waals surface area contributed by atoms with Gasteiger partial charge in [0.25, 0.3) is 0 Å². The van der Waals surface area contributed by atoms with Crippen LogP contribution in [-0.4, -0.2) is 47.4 Å². The van der Waals surface area contributed by atoms with Crippen molar-refractivity contribution in [1.82, 2.24) is 14.5 Å². The van der Waals surface area contributed by atoms with Crippen LogP contribution in [0.5, 0.6) is 5.75 Å². The number of rotatable bonds is 8. The van der Waals surface area contributed by atoms with Crippen molar-refractivity contribution >= 4 is 11.0 Å². The first-order valence-corrected chi connectivity index (χ1v) is 10.2. The SMILES string of the molecule is Cc1ccc(OCCCCn2c(CN3CCOCC3)nc3ccccc32)cc1. The smallest absolute Gasteiger partial charge is 0.124 e. The summed E-state index contributed by atoms with van der Waals surface area (Å²) in [6, 6.07) is 16.7. The molecule has 2 aromatic carbocycles. The molecular formula is C23H29N3O2. The molecule has 1 aliphatic rings. The normalized spacial score (nSPS) is 15.2. The molecule has 0 amide bonds. The highest BCUT2D eigenvalue weighted by Gasteiger charge is 2.16. The third-order valence-corrected chi connectivity index (χ3v) is 5.27. The van der Waals surface area contributed by atoms with Gasteiger partial charge in [0.1, 0.15) is 11.6 Å². The average molecular weight is 380 g/mol. The Balaban J connectivity index is 1.36. The van der Waals surface area contributed by atoms with Gasteiger partial charge in [-0.3, -0.25) is 4.90 Å². The van der Waals surface area contributed by atoms with Crippen molar-refractivity contribution in [2.75, 3.05) is 32.9 Å². The lowest BCUT2D eigenvalue weighted by Gasteiger charge is -2.26. The predicted octanol–water partition coefficient (Wildman–Crippen LogP) is 4.04. The van der Waals surface area contributed by atoms with Crippen molar-refractivity contribution in [3.05, 3.63) is 59.9 Å². The van der Waals surface area contributed by atoms with Gasteiger partial charge in [0.05, 0.1) is 37.4 Å². The minimum absolute atomic E-state index is 0.745. The number of aryl methyl sites for hydroxylation is 2. The van der Waals surface area contributed by atoms with Crippen LogP contribution in [0.3, 0.4) is 0 Å². The number of para-hydroxylation sites is 2. The summed E-state index contributed by atoms with van der Waals surface area (Å²) >= 11 is 0. The number of morpholine rings is 1. The van der Waals surface area contributed by atoms with Crippen LogP contribution in [0.4, 0.5) is 0 Å². The minimum Gasteiger partial charge on any atom is -0.494 e. The first-order valence-electron chi connectivity index (χ1n) is 10.2. The number of unbranched alkanes of at least 4 members (excludes halogenated alkanes) is 1. The minimum atomic E-state index is 0.745. The highest BCUT2D eigenvalue weighted by Crippen LogP contribution is 2.19. The van der Waals surface area contributed by atoms with E-state index < -0.39 is 0 Å². The van der Waals surface area contributed by atoms with Crippen LogP contribution < -0.4 is 4.74 Å². The molecule has 1 aliphatic heterocycles. The Labute approximate surface area is 166 Å². The zero-order valence-electron chi connectivity index (χ0n) is 16.6. The summed E-state index contributed by atoms with van der Waals surface area (Å²) in [5, 5.41) is 0. The Hall–Kier alpha value is -2.37. The van der Waals surface area contributed by atoms with Crippen LogP contribution in [0.1, 0.15) is 24.2 Å². The molecule has 28 heavy (non-hydrogen) atoms. The molecule has 0 aliphatic carbocycles. The van der Waals surface area contributed by atoms with E-state index in [1.165, 1.54) is 11.1 Å². The van der Waals surface area contributed by atoms with Crippen LogP contribution >= 0.6 is 0 Å². The number of aromatic nitrogens is 2. The predicted molar refractivity (Wildman–Crippen MR) is 112 cm³/mol. The summed E-state index contributed by atoms with van der Waals surface area (Å²) in [5.41, 5.74) is 3.57. The molecule has 0 unspecified atom stereocenters. The van der Waals surface area contributed by atoms with E-state index in [2.05, 4.69) is 52.8 Å². The zero-order chi connectivity index (χ0) is 19.2. The first kappa shape index (κ1) is 19.0. The number of fused-ring (bicyclic) bond motifs is 1. The second-order valence-electron chi connectivity index (χ2n) is 7.43. The number of benzene rings is 2. The maximum Gasteiger partial charge on any atom is 0.124 e. The highest BCUT2D eigenvalue weighted by molar-refractivity contribution is 5.75. The molecule has 5 nitrogen and oxygen atoms in total. The number of hydrogen-bond acceptors (Lipinski definition) is 4. The topological polar surface area (TPSA) is 39.5 Å². The van der Waals surface area contributed by atoms with E-state index in [4.69, 9.17) is 14.5 Å². The number of nitrogens with zero attached hydrogens (tertiary/aromatic N) is 3. The Morgan fingerprint density at radius 2 is 1.79 bits per heavy atom. The van der Waals surface area contributed by atoms with E-state index in [0.717, 1.165) is 75.9 Å². The molecule has 0 spiro atoms. The second kappa shape index (κ2) is 9.22. The van der Waals surface area contributed by atoms with Gasteiger partial charge in [-0.15, -0.1) is 0 Å². The molecule has 0 bridgehead atoms. The molecule has 5 heteroatoms. The Morgan fingerprint density at radius 3 is 2.61 bits per heavy atom. The Kier molecular flexibility index (Phi) is 6.24. The zero-order valence-corrected chi connectivity index (χ0v) is 16.6. The molecule has 0 N–H and O–H groups in total. The van der Waals surface area contributed by atoms with E-state index in [-0.39, 0.29) is 0 Å². The fourth-order valence-electron chi connectivity index (χ4n) is 3.65. The van der Waals surface area contributed by atoms with Crippen LogP contribution in [-0.2, 0) is 17.8 Å². The number of ether oxygens (including phenoxy) is 2. The lowest BCUT2D eigenvalue weighted by atomic mass is 10.2. The summed E-state index contributed by atoms with van der Waals surface area (Å²) in [6.45, 7) is 8.28. The molecule has 0 radical (unpaired) electrons. The summed E-state index contributed by atoms with van der Waals surface area (Å²) in [7, 11) is 0. The van der Waals surface area contributed by atoms with Crippen LogP contribution in [0, 0.1) is 6.92 Å². The van der Waals surface area contributed by atoms with Crippen molar-refractivity contribution in [2.24, 2.45) is 0 Å². The first-order chi connectivity index (χ1) is 13.8. The molecule has 0 saturated carbocycles. The molecule has 1 saturated heterocycles. The lowest BCUT2D eigenvalue weighted by Crippen LogP contribution is -2.36. The monoisotopic (exact) mass is 379 g/mol. The quantitative estimate of drug-likeness (QED) is 0.554. The molecule has 148 valence electrons. The van der Waals surface area contributed by atoms with Crippen LogP contribution in [0.25, 0.3) is 11.0 Å². The Morgan fingerprint density at radius 1 is 1.00 bits per heavy atom. The largest absolute Gasteiger partial charge is 0.494 e. The van der Waals surface area contributed by atoms with E-state index in [0.29, 0.717) is 0 Å². The van der Waals surface area contributed by atoms with Crippen molar-refractivity contribution in [1.29, 1.82) is 0 Å². The van der Waals surface area contributed by atoms with E-state index in [1.807, 2.05) is 12.1 Å². The van der Waals surface area contributed by atoms with Gasteiger partial charge in [0.15, 0.2) is 0 Å². The molecule has 1 fully saturated rings. The molecule has 0 atom stereocenters. The molecule has 3 aromatic rings.